The van der Waals surface area contributed by atoms with Crippen LogP contribution < -0.4 is 4.74 Å². The van der Waals surface area contributed by atoms with Crippen molar-refractivity contribution in [3.05, 3.63) is 21.7 Å². The Morgan fingerprint density at radius 3 is 2.05 bits per heavy atom. The zero-order valence-corrected chi connectivity index (χ0v) is 11.1. The van der Waals surface area contributed by atoms with Crippen LogP contribution in [0.3, 0.4) is 0 Å². The first-order valence-corrected chi connectivity index (χ1v) is 6.91. The maximum atomic E-state index is 12.7. The molecule has 0 saturated heterocycles. The van der Waals surface area contributed by atoms with Crippen molar-refractivity contribution in [3.63, 3.8) is 0 Å². The number of ether oxygens (including phenoxy) is 1. The van der Waals surface area contributed by atoms with Crippen molar-refractivity contribution in [2.45, 2.75) is 17.4 Å². The largest absolute Gasteiger partial charge is 0.575 e. The predicted molar refractivity (Wildman–Crippen MR) is 55.6 cm³/mol. The zero-order valence-electron chi connectivity index (χ0n) is 9.57. The van der Waals surface area contributed by atoms with Crippen LogP contribution in [0, 0.1) is 10.1 Å². The molecule has 7 nitrogen and oxygen atoms in total. The number of rotatable bonds is 3. The average molecular weight is 375 g/mol. The molecule has 0 aliphatic rings. The molecule has 0 fully saturated rings. The number of nitrogens with zero attached hydrogens (tertiary/aromatic N) is 2. The van der Waals surface area contributed by atoms with E-state index in [4.69, 9.17) is 0 Å². The summed E-state index contributed by atoms with van der Waals surface area (Å²) in [4.78, 5) is 9.17. The molecule has 1 aromatic heterocycles. The summed E-state index contributed by atoms with van der Waals surface area (Å²) < 4.78 is 99.7. The van der Waals surface area contributed by atoms with Gasteiger partial charge in [-0.3, -0.25) is 0 Å². The van der Waals surface area contributed by atoms with Crippen LogP contribution in [0.2, 0.25) is 0 Å². The molecule has 1 aromatic rings. The van der Waals surface area contributed by atoms with E-state index in [1.165, 1.54) is 0 Å². The summed E-state index contributed by atoms with van der Waals surface area (Å²) in [5.74, 6) is -3.92. The molecule has 1 heterocycles. The van der Waals surface area contributed by atoms with Gasteiger partial charge in [-0.25, -0.2) is 8.42 Å². The van der Waals surface area contributed by atoms with Gasteiger partial charge in [-0.15, -0.1) is 13.2 Å². The molecule has 0 aliphatic heterocycles. The highest BCUT2D eigenvalue weighted by Crippen LogP contribution is 2.42. The van der Waals surface area contributed by atoms with Crippen molar-refractivity contribution in [1.29, 1.82) is 0 Å². The van der Waals surface area contributed by atoms with Crippen molar-refractivity contribution >= 4 is 25.6 Å². The topological polar surface area (TPSA) is 99.4 Å². The predicted octanol–water partition coefficient (Wildman–Crippen LogP) is 2.83. The van der Waals surface area contributed by atoms with Gasteiger partial charge in [-0.05, 0) is 4.92 Å². The Morgan fingerprint density at radius 1 is 1.23 bits per heavy atom. The lowest BCUT2D eigenvalue weighted by Crippen LogP contribution is -2.22. The Labute approximate surface area is 121 Å². The van der Waals surface area contributed by atoms with Crippen LogP contribution in [0.5, 0.6) is 5.88 Å². The Kier molecular flexibility index (Phi) is 4.49. The van der Waals surface area contributed by atoms with Crippen molar-refractivity contribution in [1.82, 2.24) is 4.98 Å². The fourth-order valence-electron chi connectivity index (χ4n) is 1.22. The molecule has 22 heavy (non-hydrogen) atoms. The van der Waals surface area contributed by atoms with Gasteiger partial charge in [0.25, 0.3) is 9.05 Å². The Bertz CT molecular complexity index is 715. The first kappa shape index (κ1) is 18.2. The van der Waals surface area contributed by atoms with Crippen LogP contribution in [0.4, 0.5) is 32.2 Å². The summed E-state index contributed by atoms with van der Waals surface area (Å²) in [5, 5.41) is 10.4. The van der Waals surface area contributed by atoms with E-state index in [-0.39, 0.29) is 6.07 Å². The number of halogens is 7. The quantitative estimate of drug-likeness (QED) is 0.349. The lowest BCUT2D eigenvalue weighted by Gasteiger charge is -2.13. The average Bonchev–Trinajstić information content (AvgIpc) is 2.22. The number of hydrogen-bond acceptors (Lipinski definition) is 6. The summed E-state index contributed by atoms with van der Waals surface area (Å²) >= 11 is 0. The molecule has 0 radical (unpaired) electrons. The number of nitro groups is 1. The highest BCUT2D eigenvalue weighted by atomic mass is 35.7. The highest BCUT2D eigenvalue weighted by Gasteiger charge is 2.46. The van der Waals surface area contributed by atoms with Crippen LogP contribution in [-0.4, -0.2) is 24.7 Å². The van der Waals surface area contributed by atoms with Gasteiger partial charge in [0.15, 0.2) is 4.90 Å². The Morgan fingerprint density at radius 2 is 1.73 bits per heavy atom. The fraction of sp³-hybridized carbons (Fsp3) is 0.286. The van der Waals surface area contributed by atoms with Crippen LogP contribution in [0.1, 0.15) is 5.56 Å². The zero-order chi connectivity index (χ0) is 17.5. The molecule has 0 aliphatic carbocycles. The molecule has 0 unspecified atom stereocenters. The van der Waals surface area contributed by atoms with Crippen LogP contribution in [-0.2, 0) is 15.2 Å². The first-order valence-electron chi connectivity index (χ1n) is 4.60. The van der Waals surface area contributed by atoms with Gasteiger partial charge >= 0.3 is 24.2 Å². The molecule has 0 N–H and O–H groups in total. The van der Waals surface area contributed by atoms with Crippen molar-refractivity contribution in [2.75, 3.05) is 0 Å². The maximum Gasteiger partial charge on any atom is 0.575 e. The summed E-state index contributed by atoms with van der Waals surface area (Å²) in [7, 11) is -0.769. The normalized spacial score (nSPS) is 13.0. The molecule has 0 bridgehead atoms. The summed E-state index contributed by atoms with van der Waals surface area (Å²) in [6.07, 6.45) is -11.2. The minimum atomic E-state index is -5.67. The standard InChI is InChI=1S/C7HClF6N2O5S/c8-22(19,20)4-2(6(9,10)11)1-3(16(17)18)15-5(4)21-7(12,13)14/h1H. The number of hydrogen-bond donors (Lipinski definition) is 0. The third-order valence-corrected chi connectivity index (χ3v) is 3.22. The van der Waals surface area contributed by atoms with Crippen molar-refractivity contribution in [3.8, 4) is 5.88 Å². The molecule has 0 aromatic carbocycles. The lowest BCUT2D eigenvalue weighted by atomic mass is 10.2. The third kappa shape index (κ3) is 4.33. The van der Waals surface area contributed by atoms with Gasteiger partial charge in [0, 0.05) is 21.7 Å². The Balaban J connectivity index is 3.86. The molecule has 15 heteroatoms. The van der Waals surface area contributed by atoms with Gasteiger partial charge in [0.2, 0.25) is 0 Å². The van der Waals surface area contributed by atoms with Gasteiger partial charge in [0.1, 0.15) is 0 Å². The van der Waals surface area contributed by atoms with E-state index in [1.54, 1.807) is 0 Å². The van der Waals surface area contributed by atoms with Gasteiger partial charge < -0.3 is 14.9 Å². The molecule has 0 saturated carbocycles. The first-order chi connectivity index (χ1) is 9.63. The lowest BCUT2D eigenvalue weighted by molar-refractivity contribution is -0.390. The molecule has 0 spiro atoms. The molecule has 0 amide bonds. The van der Waals surface area contributed by atoms with E-state index in [1.807, 2.05) is 0 Å². The van der Waals surface area contributed by atoms with E-state index < -0.39 is 48.7 Å². The SMILES string of the molecule is O=[N+]([O-])c1cc(C(F)(F)F)c(S(=O)(=O)Cl)c(OC(F)(F)F)n1. The number of alkyl halides is 6. The monoisotopic (exact) mass is 374 g/mol. The number of aromatic nitrogens is 1. The molecule has 0 atom stereocenters. The van der Waals surface area contributed by atoms with Crippen LogP contribution >= 0.6 is 10.7 Å². The maximum absolute atomic E-state index is 12.7. The van der Waals surface area contributed by atoms with Gasteiger partial charge in [-0.2, -0.15) is 13.2 Å². The summed E-state index contributed by atoms with van der Waals surface area (Å²) in [6, 6.07) is -0.376. The van der Waals surface area contributed by atoms with E-state index in [2.05, 4.69) is 20.4 Å². The molecular weight excluding hydrogens is 374 g/mol. The van der Waals surface area contributed by atoms with Gasteiger partial charge in [-0.1, -0.05) is 0 Å². The second-order valence-electron chi connectivity index (χ2n) is 3.40. The Hall–Kier alpha value is -1.83. The van der Waals surface area contributed by atoms with E-state index >= 15 is 0 Å². The fourth-order valence-corrected chi connectivity index (χ4v) is 2.40. The molecule has 124 valence electrons. The van der Waals surface area contributed by atoms with E-state index in [0.717, 1.165) is 0 Å². The van der Waals surface area contributed by atoms with Crippen LogP contribution in [0.25, 0.3) is 0 Å². The van der Waals surface area contributed by atoms with Crippen molar-refractivity contribution < 1.29 is 44.4 Å². The highest BCUT2D eigenvalue weighted by molar-refractivity contribution is 8.13. The van der Waals surface area contributed by atoms with Crippen molar-refractivity contribution in [2.24, 2.45) is 0 Å². The minimum Gasteiger partial charge on any atom is -0.365 e. The number of pyridine rings is 1. The van der Waals surface area contributed by atoms with E-state index in [9.17, 15) is 44.9 Å². The van der Waals surface area contributed by atoms with Gasteiger partial charge in [0.05, 0.1) is 5.56 Å². The second kappa shape index (κ2) is 5.42. The smallest absolute Gasteiger partial charge is 0.365 e. The second-order valence-corrected chi connectivity index (χ2v) is 5.91. The molecule has 1 rings (SSSR count). The molecular formula is C7HClF6N2O5S. The summed E-state index contributed by atoms with van der Waals surface area (Å²) in [6.45, 7) is 0. The van der Waals surface area contributed by atoms with Crippen LogP contribution in [0.15, 0.2) is 11.0 Å². The summed E-state index contributed by atoms with van der Waals surface area (Å²) in [5.41, 5.74) is -2.32. The third-order valence-electron chi connectivity index (χ3n) is 1.88. The minimum absolute atomic E-state index is 0.376. The van der Waals surface area contributed by atoms with E-state index in [0.29, 0.717) is 0 Å².